The van der Waals surface area contributed by atoms with E-state index in [1.165, 1.54) is 11.3 Å². The first-order chi connectivity index (χ1) is 9.91. The number of aryl methyl sites for hydroxylation is 1. The minimum atomic E-state index is -4.36. The predicted molar refractivity (Wildman–Crippen MR) is 85.7 cm³/mol. The van der Waals surface area contributed by atoms with E-state index in [9.17, 15) is 13.2 Å². The third-order valence-electron chi connectivity index (χ3n) is 3.76. The van der Waals surface area contributed by atoms with E-state index in [0.29, 0.717) is 22.5 Å². The van der Waals surface area contributed by atoms with Gasteiger partial charge in [0.05, 0.1) is 9.88 Å². The molecule has 3 nitrogen and oxygen atoms in total. The van der Waals surface area contributed by atoms with E-state index in [0.717, 1.165) is 38.9 Å². The van der Waals surface area contributed by atoms with E-state index in [1.807, 2.05) is 0 Å². The molecule has 1 N–H and O–H groups in total. The molecule has 8 heteroatoms. The van der Waals surface area contributed by atoms with Gasteiger partial charge in [-0.25, -0.2) is 4.98 Å². The molecule has 1 saturated heterocycles. The van der Waals surface area contributed by atoms with Crippen molar-refractivity contribution < 1.29 is 13.2 Å². The van der Waals surface area contributed by atoms with Gasteiger partial charge in [0.1, 0.15) is 0 Å². The van der Waals surface area contributed by atoms with Crippen molar-refractivity contribution >= 4 is 23.7 Å². The quantitative estimate of drug-likeness (QED) is 0.867. The first-order valence-electron chi connectivity index (χ1n) is 7.40. The van der Waals surface area contributed by atoms with Crippen LogP contribution in [0.5, 0.6) is 0 Å². The van der Waals surface area contributed by atoms with Crippen molar-refractivity contribution in [2.24, 2.45) is 0 Å². The Morgan fingerprint density at radius 2 is 1.95 bits per heavy atom. The number of alkyl halides is 3. The van der Waals surface area contributed by atoms with E-state index in [-0.39, 0.29) is 12.4 Å². The average Bonchev–Trinajstić information content (AvgIpc) is 2.80. The molecule has 0 unspecified atom stereocenters. The Morgan fingerprint density at radius 3 is 2.50 bits per heavy atom. The average molecular weight is 358 g/mol. The summed E-state index contributed by atoms with van der Waals surface area (Å²) >= 11 is 1.17. The molecule has 0 radical (unpaired) electrons. The normalized spacial score (nSPS) is 16.8. The predicted octanol–water partition coefficient (Wildman–Crippen LogP) is 3.86. The van der Waals surface area contributed by atoms with Crippen LogP contribution in [0, 0.1) is 6.92 Å². The lowest BCUT2D eigenvalue weighted by atomic mass is 10.0. The Hall–Kier alpha value is -0.370. The van der Waals surface area contributed by atoms with Gasteiger partial charge in [0.2, 0.25) is 0 Å². The van der Waals surface area contributed by atoms with Crippen LogP contribution in [0.1, 0.15) is 41.8 Å². The number of nitrogens with zero attached hydrogens (tertiary/aromatic N) is 2. The van der Waals surface area contributed by atoms with Crippen LogP contribution in [0.3, 0.4) is 0 Å². The number of thiazole rings is 1. The summed E-state index contributed by atoms with van der Waals surface area (Å²) in [6.07, 6.45) is -1.41. The van der Waals surface area contributed by atoms with Gasteiger partial charge in [-0.2, -0.15) is 13.2 Å². The third-order valence-corrected chi connectivity index (χ3v) is 4.71. The maximum Gasteiger partial charge on any atom is 0.434 e. The summed E-state index contributed by atoms with van der Waals surface area (Å²) in [6, 6.07) is 0.370. The van der Waals surface area contributed by atoms with Crippen molar-refractivity contribution in [2.45, 2.75) is 51.9 Å². The van der Waals surface area contributed by atoms with E-state index < -0.39 is 11.9 Å². The van der Waals surface area contributed by atoms with Crippen LogP contribution in [0.2, 0.25) is 0 Å². The Morgan fingerprint density at radius 1 is 1.32 bits per heavy atom. The largest absolute Gasteiger partial charge is 0.434 e. The molecule has 0 aliphatic carbocycles. The van der Waals surface area contributed by atoms with Gasteiger partial charge < -0.3 is 5.32 Å². The smallest absolute Gasteiger partial charge is 0.317 e. The third kappa shape index (κ3) is 5.08. The highest BCUT2D eigenvalue weighted by atomic mass is 35.5. The molecule has 0 atom stereocenters. The van der Waals surface area contributed by atoms with Crippen molar-refractivity contribution in [3.63, 3.8) is 0 Å². The van der Waals surface area contributed by atoms with Crippen LogP contribution in [-0.2, 0) is 12.7 Å². The Balaban J connectivity index is 0.00000242. The van der Waals surface area contributed by atoms with Gasteiger partial charge in [-0.15, -0.1) is 23.7 Å². The minimum absolute atomic E-state index is 0. The molecule has 1 aliphatic heterocycles. The summed E-state index contributed by atoms with van der Waals surface area (Å²) in [5, 5.41) is 3.78. The van der Waals surface area contributed by atoms with Crippen LogP contribution in [0.15, 0.2) is 0 Å². The Bertz CT molecular complexity index is 459. The zero-order valence-corrected chi connectivity index (χ0v) is 14.5. The maximum absolute atomic E-state index is 13.1. The second-order valence-electron chi connectivity index (χ2n) is 5.45. The molecule has 0 saturated carbocycles. The molecule has 0 aromatic carbocycles. The standard InChI is InChI=1S/C14H22F3N3S.ClH/c1-3-8-20(11-4-6-18-7-5-11)9-12-13(14(15,16)17)19-10(2)21-12;/h11,18H,3-9H2,1-2H3;1H. The summed E-state index contributed by atoms with van der Waals surface area (Å²) in [4.78, 5) is 6.25. The highest BCUT2D eigenvalue weighted by Crippen LogP contribution is 2.35. The fourth-order valence-corrected chi connectivity index (χ4v) is 3.81. The van der Waals surface area contributed by atoms with Gasteiger partial charge in [0.25, 0.3) is 0 Å². The van der Waals surface area contributed by atoms with Crippen molar-refractivity contribution in [3.8, 4) is 0 Å². The molecular weight excluding hydrogens is 335 g/mol. The molecular formula is C14H23ClF3N3S. The fourth-order valence-electron chi connectivity index (χ4n) is 2.83. The molecule has 2 rings (SSSR count). The lowest BCUT2D eigenvalue weighted by molar-refractivity contribution is -0.141. The van der Waals surface area contributed by atoms with Crippen LogP contribution < -0.4 is 5.32 Å². The molecule has 0 spiro atoms. The molecule has 0 bridgehead atoms. The van der Waals surface area contributed by atoms with Crippen LogP contribution in [-0.4, -0.2) is 35.6 Å². The van der Waals surface area contributed by atoms with E-state index in [4.69, 9.17) is 0 Å². The summed E-state index contributed by atoms with van der Waals surface area (Å²) in [5.41, 5.74) is -0.694. The van der Waals surface area contributed by atoms with Crippen molar-refractivity contribution in [1.82, 2.24) is 15.2 Å². The lowest BCUT2D eigenvalue weighted by Gasteiger charge is -2.34. The zero-order chi connectivity index (χ0) is 15.5. The second-order valence-corrected chi connectivity index (χ2v) is 6.74. The number of halogens is 4. The van der Waals surface area contributed by atoms with Crippen LogP contribution in [0.4, 0.5) is 13.2 Å². The molecule has 128 valence electrons. The van der Waals surface area contributed by atoms with Crippen molar-refractivity contribution in [1.29, 1.82) is 0 Å². The van der Waals surface area contributed by atoms with Gasteiger partial charge in [0, 0.05) is 12.6 Å². The SMILES string of the molecule is CCCN(Cc1sc(C)nc1C(F)(F)F)C1CCNCC1.Cl. The van der Waals surface area contributed by atoms with E-state index in [1.54, 1.807) is 6.92 Å². The van der Waals surface area contributed by atoms with Crippen molar-refractivity contribution in [2.75, 3.05) is 19.6 Å². The van der Waals surface area contributed by atoms with Gasteiger partial charge >= 0.3 is 6.18 Å². The number of hydrogen-bond acceptors (Lipinski definition) is 4. The molecule has 0 amide bonds. The Kier molecular flexibility index (Phi) is 7.58. The highest BCUT2D eigenvalue weighted by Gasteiger charge is 2.37. The monoisotopic (exact) mass is 357 g/mol. The van der Waals surface area contributed by atoms with Gasteiger partial charge in [-0.05, 0) is 45.8 Å². The highest BCUT2D eigenvalue weighted by molar-refractivity contribution is 7.11. The number of nitrogens with one attached hydrogen (secondary N) is 1. The second kappa shape index (κ2) is 8.47. The Labute approximate surface area is 139 Å². The fraction of sp³-hybridized carbons (Fsp3) is 0.786. The molecule has 1 aliphatic rings. The van der Waals surface area contributed by atoms with Crippen LogP contribution >= 0.6 is 23.7 Å². The molecule has 22 heavy (non-hydrogen) atoms. The van der Waals surface area contributed by atoms with E-state index >= 15 is 0 Å². The van der Waals surface area contributed by atoms with Crippen molar-refractivity contribution in [3.05, 3.63) is 15.6 Å². The molecule has 1 aromatic rings. The summed E-state index contributed by atoms with van der Waals surface area (Å²) in [7, 11) is 0. The molecule has 2 heterocycles. The lowest BCUT2D eigenvalue weighted by Crippen LogP contribution is -2.43. The number of rotatable bonds is 5. The summed E-state index contributed by atoms with van der Waals surface area (Å²) < 4.78 is 39.2. The summed E-state index contributed by atoms with van der Waals surface area (Å²) in [6.45, 7) is 6.78. The first-order valence-corrected chi connectivity index (χ1v) is 8.21. The number of hydrogen-bond donors (Lipinski definition) is 1. The van der Waals surface area contributed by atoms with Crippen LogP contribution in [0.25, 0.3) is 0 Å². The van der Waals surface area contributed by atoms with Gasteiger partial charge in [-0.3, -0.25) is 4.90 Å². The van der Waals surface area contributed by atoms with Gasteiger partial charge in [-0.1, -0.05) is 6.92 Å². The zero-order valence-electron chi connectivity index (χ0n) is 12.9. The topological polar surface area (TPSA) is 28.2 Å². The molecule has 1 fully saturated rings. The maximum atomic E-state index is 13.1. The molecule has 1 aromatic heterocycles. The van der Waals surface area contributed by atoms with E-state index in [2.05, 4.69) is 22.1 Å². The first kappa shape index (κ1) is 19.7. The number of aromatic nitrogens is 1. The summed E-state index contributed by atoms with van der Waals surface area (Å²) in [5.74, 6) is 0. The van der Waals surface area contributed by atoms with Gasteiger partial charge in [0.15, 0.2) is 5.69 Å². The number of piperidine rings is 1. The minimum Gasteiger partial charge on any atom is -0.317 e.